The number of aliphatic hydroxyl groups is 1. The molecule has 2 rings (SSSR count). The molecule has 0 fully saturated rings. The van der Waals surface area contributed by atoms with Crippen molar-refractivity contribution in [2.45, 2.75) is 25.0 Å². The molecule has 1 atom stereocenters. The average molecular weight is 193 g/mol. The Kier molecular flexibility index (Phi) is 3.01. The van der Waals surface area contributed by atoms with Gasteiger partial charge in [-0.3, -0.25) is 0 Å². The standard InChI is InChI=1S/C11H15NO2/c13-10(11-6-3-7-14-11)8-12-9-4-1-2-5-9/h1-3,6-7,9-10,12-13H,4-5,8H2. The van der Waals surface area contributed by atoms with Gasteiger partial charge in [0.25, 0.3) is 0 Å². The van der Waals surface area contributed by atoms with Crippen molar-refractivity contribution in [2.24, 2.45) is 0 Å². The second-order valence-electron chi connectivity index (χ2n) is 3.58. The molecule has 3 heteroatoms. The minimum atomic E-state index is -0.536. The molecule has 0 saturated heterocycles. The number of hydrogen-bond donors (Lipinski definition) is 2. The van der Waals surface area contributed by atoms with Crippen LogP contribution in [0.15, 0.2) is 35.0 Å². The first-order chi connectivity index (χ1) is 6.86. The van der Waals surface area contributed by atoms with Gasteiger partial charge in [0.1, 0.15) is 11.9 Å². The third-order valence-corrected chi connectivity index (χ3v) is 2.48. The van der Waals surface area contributed by atoms with Gasteiger partial charge in [-0.05, 0) is 25.0 Å². The van der Waals surface area contributed by atoms with Crippen LogP contribution in [0, 0.1) is 0 Å². The van der Waals surface area contributed by atoms with Gasteiger partial charge in [-0.25, -0.2) is 0 Å². The molecule has 0 saturated carbocycles. The lowest BCUT2D eigenvalue weighted by atomic mass is 10.2. The minimum Gasteiger partial charge on any atom is -0.467 e. The maximum atomic E-state index is 9.69. The molecule has 14 heavy (non-hydrogen) atoms. The van der Waals surface area contributed by atoms with E-state index in [1.54, 1.807) is 18.4 Å². The number of rotatable bonds is 4. The fourth-order valence-corrected chi connectivity index (χ4v) is 1.64. The summed E-state index contributed by atoms with van der Waals surface area (Å²) in [6.45, 7) is 0.555. The number of furan rings is 1. The highest BCUT2D eigenvalue weighted by molar-refractivity contribution is 5.03. The Bertz CT molecular complexity index is 284. The van der Waals surface area contributed by atoms with Gasteiger partial charge in [0, 0.05) is 12.6 Å². The van der Waals surface area contributed by atoms with E-state index in [2.05, 4.69) is 17.5 Å². The van der Waals surface area contributed by atoms with E-state index >= 15 is 0 Å². The highest BCUT2D eigenvalue weighted by Gasteiger charge is 2.14. The van der Waals surface area contributed by atoms with Crippen molar-refractivity contribution in [3.63, 3.8) is 0 Å². The topological polar surface area (TPSA) is 45.4 Å². The molecule has 76 valence electrons. The molecule has 0 radical (unpaired) electrons. The lowest BCUT2D eigenvalue weighted by Crippen LogP contribution is -2.30. The summed E-state index contributed by atoms with van der Waals surface area (Å²) in [6.07, 6.45) is 7.49. The van der Waals surface area contributed by atoms with Crippen LogP contribution in [-0.4, -0.2) is 17.7 Å². The fraction of sp³-hybridized carbons (Fsp3) is 0.455. The second-order valence-corrected chi connectivity index (χ2v) is 3.58. The van der Waals surface area contributed by atoms with E-state index < -0.39 is 6.10 Å². The van der Waals surface area contributed by atoms with Crippen LogP contribution >= 0.6 is 0 Å². The first kappa shape index (κ1) is 9.49. The average Bonchev–Trinajstić information content (AvgIpc) is 2.87. The van der Waals surface area contributed by atoms with Gasteiger partial charge in [-0.1, -0.05) is 12.2 Å². The van der Waals surface area contributed by atoms with Gasteiger partial charge >= 0.3 is 0 Å². The van der Waals surface area contributed by atoms with E-state index in [-0.39, 0.29) is 0 Å². The maximum absolute atomic E-state index is 9.69. The first-order valence-electron chi connectivity index (χ1n) is 4.96. The highest BCUT2D eigenvalue weighted by atomic mass is 16.4. The van der Waals surface area contributed by atoms with E-state index in [0.717, 1.165) is 12.8 Å². The molecule has 3 nitrogen and oxygen atoms in total. The third kappa shape index (κ3) is 2.25. The molecular formula is C11H15NO2. The summed E-state index contributed by atoms with van der Waals surface area (Å²) in [5.41, 5.74) is 0. The van der Waals surface area contributed by atoms with Crippen LogP contribution < -0.4 is 5.32 Å². The van der Waals surface area contributed by atoms with Gasteiger partial charge in [0.15, 0.2) is 0 Å². The Morgan fingerprint density at radius 1 is 1.50 bits per heavy atom. The van der Waals surface area contributed by atoms with E-state index in [4.69, 9.17) is 4.42 Å². The summed E-state index contributed by atoms with van der Waals surface area (Å²) in [4.78, 5) is 0. The molecule has 1 heterocycles. The van der Waals surface area contributed by atoms with Crippen LogP contribution in [0.4, 0.5) is 0 Å². The molecule has 1 aromatic heterocycles. The van der Waals surface area contributed by atoms with Crippen molar-refractivity contribution in [2.75, 3.05) is 6.54 Å². The number of nitrogens with one attached hydrogen (secondary N) is 1. The Balaban J connectivity index is 1.75. The lowest BCUT2D eigenvalue weighted by molar-refractivity contribution is 0.144. The van der Waals surface area contributed by atoms with Crippen molar-refractivity contribution in [1.29, 1.82) is 0 Å². The maximum Gasteiger partial charge on any atom is 0.133 e. The third-order valence-electron chi connectivity index (χ3n) is 2.48. The van der Waals surface area contributed by atoms with Crippen molar-refractivity contribution in [1.82, 2.24) is 5.32 Å². The van der Waals surface area contributed by atoms with Crippen molar-refractivity contribution >= 4 is 0 Å². The van der Waals surface area contributed by atoms with Crippen molar-refractivity contribution in [3.05, 3.63) is 36.3 Å². The molecule has 1 unspecified atom stereocenters. The number of hydrogen-bond acceptors (Lipinski definition) is 3. The van der Waals surface area contributed by atoms with E-state index in [0.29, 0.717) is 18.3 Å². The number of aliphatic hydroxyl groups excluding tert-OH is 1. The van der Waals surface area contributed by atoms with E-state index in [1.807, 2.05) is 0 Å². The summed E-state index contributed by atoms with van der Waals surface area (Å²) in [7, 11) is 0. The summed E-state index contributed by atoms with van der Waals surface area (Å²) in [6, 6.07) is 4.06. The Morgan fingerprint density at radius 2 is 2.29 bits per heavy atom. The predicted molar refractivity (Wildman–Crippen MR) is 53.8 cm³/mol. The molecular weight excluding hydrogens is 178 g/mol. The van der Waals surface area contributed by atoms with Crippen LogP contribution in [0.2, 0.25) is 0 Å². The van der Waals surface area contributed by atoms with E-state index in [1.165, 1.54) is 0 Å². The molecule has 0 spiro atoms. The molecule has 0 aliphatic heterocycles. The molecule has 0 aromatic carbocycles. The fourth-order valence-electron chi connectivity index (χ4n) is 1.64. The Hall–Kier alpha value is -1.06. The smallest absolute Gasteiger partial charge is 0.133 e. The summed E-state index contributed by atoms with van der Waals surface area (Å²) in [5.74, 6) is 0.628. The van der Waals surface area contributed by atoms with E-state index in [9.17, 15) is 5.11 Å². The molecule has 1 aromatic rings. The van der Waals surface area contributed by atoms with Gasteiger partial charge < -0.3 is 14.8 Å². The molecule has 1 aliphatic rings. The molecule has 0 amide bonds. The summed E-state index contributed by atoms with van der Waals surface area (Å²) in [5, 5.41) is 13.0. The summed E-state index contributed by atoms with van der Waals surface area (Å²) < 4.78 is 5.10. The largest absolute Gasteiger partial charge is 0.467 e. The second kappa shape index (κ2) is 4.44. The zero-order chi connectivity index (χ0) is 9.80. The minimum absolute atomic E-state index is 0.486. The monoisotopic (exact) mass is 193 g/mol. The van der Waals surface area contributed by atoms with Crippen molar-refractivity contribution < 1.29 is 9.52 Å². The predicted octanol–water partition coefficient (Wildman–Crippen LogP) is 1.62. The molecule has 1 aliphatic carbocycles. The van der Waals surface area contributed by atoms with Crippen molar-refractivity contribution in [3.8, 4) is 0 Å². The van der Waals surface area contributed by atoms with Gasteiger partial charge in [-0.15, -0.1) is 0 Å². The zero-order valence-electron chi connectivity index (χ0n) is 8.02. The quantitative estimate of drug-likeness (QED) is 0.714. The van der Waals surface area contributed by atoms with Crippen LogP contribution in [0.25, 0.3) is 0 Å². The lowest BCUT2D eigenvalue weighted by Gasteiger charge is -2.14. The first-order valence-corrected chi connectivity index (χ1v) is 4.96. The van der Waals surface area contributed by atoms with Crippen LogP contribution in [-0.2, 0) is 0 Å². The van der Waals surface area contributed by atoms with Crippen LogP contribution in [0.3, 0.4) is 0 Å². The normalized spacial score (nSPS) is 18.9. The van der Waals surface area contributed by atoms with Crippen LogP contribution in [0.1, 0.15) is 24.7 Å². The van der Waals surface area contributed by atoms with Gasteiger partial charge in [0.05, 0.1) is 6.26 Å². The SMILES string of the molecule is OC(CNC1CC=CC1)c1ccco1. The Labute approximate surface area is 83.4 Å². The van der Waals surface area contributed by atoms with Gasteiger partial charge in [0.2, 0.25) is 0 Å². The summed E-state index contributed by atoms with van der Waals surface area (Å²) >= 11 is 0. The molecule has 0 bridgehead atoms. The molecule has 2 N–H and O–H groups in total. The highest BCUT2D eigenvalue weighted by Crippen LogP contribution is 2.14. The Morgan fingerprint density at radius 3 is 2.93 bits per heavy atom. The zero-order valence-corrected chi connectivity index (χ0v) is 8.02. The van der Waals surface area contributed by atoms with Gasteiger partial charge in [-0.2, -0.15) is 0 Å². The van der Waals surface area contributed by atoms with Crippen LogP contribution in [0.5, 0.6) is 0 Å².